The predicted octanol–water partition coefficient (Wildman–Crippen LogP) is 2.54. The van der Waals surface area contributed by atoms with Crippen LogP contribution in [-0.2, 0) is 20.0 Å². The average Bonchev–Trinajstić information content (AvgIpc) is 2.97. The highest BCUT2D eigenvalue weighted by molar-refractivity contribution is 5.27. The van der Waals surface area contributed by atoms with E-state index in [1.54, 1.807) is 0 Å². The highest BCUT2D eigenvalue weighted by Gasteiger charge is 2.17. The molecule has 0 aliphatic heterocycles. The zero-order valence-corrected chi connectivity index (χ0v) is 13.8. The lowest BCUT2D eigenvalue weighted by molar-refractivity contribution is 0.555. The summed E-state index contributed by atoms with van der Waals surface area (Å²) < 4.78 is 4.18. The Morgan fingerprint density at radius 1 is 1.33 bits per heavy atom. The Morgan fingerprint density at radius 3 is 2.71 bits per heavy atom. The molecule has 0 radical (unpaired) electrons. The fourth-order valence-corrected chi connectivity index (χ4v) is 2.86. The van der Waals surface area contributed by atoms with Crippen LogP contribution in [0.2, 0.25) is 0 Å². The van der Waals surface area contributed by atoms with E-state index in [0.717, 1.165) is 37.4 Å². The summed E-state index contributed by atoms with van der Waals surface area (Å²) in [6, 6.07) is 0.354. The lowest BCUT2D eigenvalue weighted by atomic mass is 10.1. The van der Waals surface area contributed by atoms with Gasteiger partial charge in [0, 0.05) is 49.7 Å². The molecule has 1 unspecified atom stereocenters. The molecule has 116 valence electrons. The maximum atomic E-state index is 4.71. The first-order valence-corrected chi connectivity index (χ1v) is 7.78. The summed E-state index contributed by atoms with van der Waals surface area (Å²) in [6.07, 6.45) is 5.88. The molecular weight excluding hydrogens is 262 g/mol. The number of hydrogen-bond donors (Lipinski definition) is 1. The van der Waals surface area contributed by atoms with Gasteiger partial charge in [-0.2, -0.15) is 5.10 Å². The normalized spacial score (nSPS) is 12.8. The lowest BCUT2D eigenvalue weighted by Crippen LogP contribution is -2.20. The van der Waals surface area contributed by atoms with E-state index >= 15 is 0 Å². The molecule has 0 saturated heterocycles. The van der Waals surface area contributed by atoms with E-state index in [-0.39, 0.29) is 0 Å². The fourth-order valence-electron chi connectivity index (χ4n) is 2.86. The predicted molar refractivity (Wildman–Crippen MR) is 85.3 cm³/mol. The van der Waals surface area contributed by atoms with Gasteiger partial charge in [0.05, 0.1) is 5.69 Å². The van der Waals surface area contributed by atoms with Gasteiger partial charge in [0.15, 0.2) is 0 Å². The molecule has 0 amide bonds. The Morgan fingerprint density at radius 2 is 2.10 bits per heavy atom. The molecule has 0 bridgehead atoms. The van der Waals surface area contributed by atoms with Gasteiger partial charge < -0.3 is 9.88 Å². The molecule has 1 N–H and O–H groups in total. The Balaban J connectivity index is 2.09. The molecule has 2 heterocycles. The number of nitrogens with one attached hydrogen (secondary N) is 1. The number of aromatic nitrogens is 4. The molecule has 5 nitrogen and oxygen atoms in total. The minimum atomic E-state index is 0.354. The molecule has 2 aromatic rings. The third-order valence-corrected chi connectivity index (χ3v) is 4.04. The van der Waals surface area contributed by atoms with Crippen LogP contribution in [-0.4, -0.2) is 25.9 Å². The second-order valence-corrected chi connectivity index (χ2v) is 5.69. The third-order valence-electron chi connectivity index (χ3n) is 4.04. The number of imidazole rings is 1. The van der Waals surface area contributed by atoms with Gasteiger partial charge in [-0.1, -0.05) is 6.92 Å². The lowest BCUT2D eigenvalue weighted by Gasteiger charge is -2.14. The minimum absolute atomic E-state index is 0.354. The van der Waals surface area contributed by atoms with E-state index in [1.807, 2.05) is 19.4 Å². The zero-order chi connectivity index (χ0) is 15.4. The van der Waals surface area contributed by atoms with Crippen molar-refractivity contribution in [3.05, 3.63) is 35.2 Å². The van der Waals surface area contributed by atoms with Crippen molar-refractivity contribution in [3.8, 4) is 0 Å². The summed E-state index contributed by atoms with van der Waals surface area (Å²) in [4.78, 5) is 4.37. The van der Waals surface area contributed by atoms with E-state index in [4.69, 9.17) is 5.10 Å². The monoisotopic (exact) mass is 289 g/mol. The molecule has 5 heteroatoms. The summed E-state index contributed by atoms with van der Waals surface area (Å²) in [7, 11) is 2.03. The van der Waals surface area contributed by atoms with Gasteiger partial charge in [-0.3, -0.25) is 4.68 Å². The Bertz CT molecular complexity index is 582. The first-order valence-electron chi connectivity index (χ1n) is 7.78. The van der Waals surface area contributed by atoms with Crippen LogP contribution in [0.15, 0.2) is 12.4 Å². The summed E-state index contributed by atoms with van der Waals surface area (Å²) in [6.45, 7) is 10.6. The number of nitrogens with zero attached hydrogens (tertiary/aromatic N) is 4. The first-order chi connectivity index (χ1) is 10.0. The van der Waals surface area contributed by atoms with Crippen LogP contribution in [0.5, 0.6) is 0 Å². The van der Waals surface area contributed by atoms with Crippen molar-refractivity contribution in [3.63, 3.8) is 0 Å². The minimum Gasteiger partial charge on any atom is -0.338 e. The van der Waals surface area contributed by atoms with Crippen molar-refractivity contribution in [1.29, 1.82) is 0 Å². The molecule has 0 aliphatic carbocycles. The Labute approximate surface area is 127 Å². The van der Waals surface area contributed by atoms with Gasteiger partial charge in [0.25, 0.3) is 0 Å². The molecule has 0 aliphatic rings. The summed E-state index contributed by atoms with van der Waals surface area (Å²) in [5, 5.41) is 8.26. The van der Waals surface area contributed by atoms with Crippen LogP contribution in [0.3, 0.4) is 0 Å². The van der Waals surface area contributed by atoms with E-state index in [9.17, 15) is 0 Å². The Kier molecular flexibility index (Phi) is 5.17. The fraction of sp³-hybridized carbons (Fsp3) is 0.625. The summed E-state index contributed by atoms with van der Waals surface area (Å²) in [5.74, 6) is 1.10. The quantitative estimate of drug-likeness (QED) is 0.852. The third kappa shape index (κ3) is 3.53. The van der Waals surface area contributed by atoms with E-state index < -0.39 is 0 Å². The standard InChI is InChI=1S/C16H27N5/c1-6-8-17-12(2)16-13(3)19-21(14(16)4)10-7-15-18-9-11-20(15)5/h9,11-12,17H,6-8,10H2,1-5H3. The molecule has 0 spiro atoms. The van der Waals surface area contributed by atoms with Gasteiger partial charge in [0.2, 0.25) is 0 Å². The largest absolute Gasteiger partial charge is 0.338 e. The molecule has 0 aromatic carbocycles. The van der Waals surface area contributed by atoms with Crippen LogP contribution in [0, 0.1) is 13.8 Å². The van der Waals surface area contributed by atoms with Crippen LogP contribution >= 0.6 is 0 Å². The van der Waals surface area contributed by atoms with E-state index in [2.05, 4.69) is 47.2 Å². The summed E-state index contributed by atoms with van der Waals surface area (Å²) in [5.41, 5.74) is 3.73. The maximum Gasteiger partial charge on any atom is 0.110 e. The van der Waals surface area contributed by atoms with Crippen LogP contribution in [0.4, 0.5) is 0 Å². The molecule has 0 saturated carbocycles. The van der Waals surface area contributed by atoms with Gasteiger partial charge in [-0.25, -0.2) is 4.98 Å². The Hall–Kier alpha value is -1.62. The highest BCUT2D eigenvalue weighted by Crippen LogP contribution is 2.21. The number of aryl methyl sites for hydroxylation is 4. The van der Waals surface area contributed by atoms with Gasteiger partial charge in [0.1, 0.15) is 5.82 Å². The second kappa shape index (κ2) is 6.89. The molecule has 0 fully saturated rings. The van der Waals surface area contributed by atoms with Gasteiger partial charge in [-0.05, 0) is 33.7 Å². The zero-order valence-electron chi connectivity index (χ0n) is 13.8. The first kappa shape index (κ1) is 15.8. The highest BCUT2D eigenvalue weighted by atomic mass is 15.3. The van der Waals surface area contributed by atoms with Crippen molar-refractivity contribution in [2.75, 3.05) is 6.54 Å². The SMILES string of the molecule is CCCNC(C)c1c(C)nn(CCc2nccn2C)c1C. The van der Waals surface area contributed by atoms with Crippen molar-refractivity contribution in [2.24, 2.45) is 7.05 Å². The van der Waals surface area contributed by atoms with Crippen molar-refractivity contribution >= 4 is 0 Å². The summed E-state index contributed by atoms with van der Waals surface area (Å²) >= 11 is 0. The van der Waals surface area contributed by atoms with Crippen molar-refractivity contribution < 1.29 is 0 Å². The molecule has 1 atom stereocenters. The van der Waals surface area contributed by atoms with Crippen LogP contribution in [0.25, 0.3) is 0 Å². The van der Waals surface area contributed by atoms with Crippen molar-refractivity contribution in [2.45, 2.75) is 53.1 Å². The second-order valence-electron chi connectivity index (χ2n) is 5.69. The smallest absolute Gasteiger partial charge is 0.110 e. The maximum absolute atomic E-state index is 4.71. The molecule has 21 heavy (non-hydrogen) atoms. The topological polar surface area (TPSA) is 47.7 Å². The molecular formula is C16H27N5. The van der Waals surface area contributed by atoms with Crippen molar-refractivity contribution in [1.82, 2.24) is 24.6 Å². The van der Waals surface area contributed by atoms with Crippen LogP contribution < -0.4 is 5.32 Å². The number of rotatable bonds is 7. The van der Waals surface area contributed by atoms with E-state index in [0.29, 0.717) is 6.04 Å². The van der Waals surface area contributed by atoms with Gasteiger partial charge in [-0.15, -0.1) is 0 Å². The average molecular weight is 289 g/mol. The van der Waals surface area contributed by atoms with Gasteiger partial charge >= 0.3 is 0 Å². The molecule has 2 aromatic heterocycles. The van der Waals surface area contributed by atoms with Crippen LogP contribution in [0.1, 0.15) is 49.1 Å². The molecule has 2 rings (SSSR count). The van der Waals surface area contributed by atoms with E-state index in [1.165, 1.54) is 11.3 Å². The number of hydrogen-bond acceptors (Lipinski definition) is 3.